The first-order chi connectivity index (χ1) is 10.9. The van der Waals surface area contributed by atoms with Crippen molar-refractivity contribution < 1.29 is 22.0 Å². The molecule has 0 atom stereocenters. The minimum atomic E-state index is -4.71. The number of carbonyl (C=O) groups excluding carboxylic acids is 1. The molecule has 0 fully saturated rings. The summed E-state index contributed by atoms with van der Waals surface area (Å²) in [6, 6.07) is 5.38. The summed E-state index contributed by atoms with van der Waals surface area (Å²) >= 11 is 0. The molecule has 0 spiro atoms. The molecule has 23 heavy (non-hydrogen) atoms. The molecule has 1 aliphatic carbocycles. The van der Waals surface area contributed by atoms with Gasteiger partial charge in [-0.25, -0.2) is 8.42 Å². The van der Waals surface area contributed by atoms with E-state index in [2.05, 4.69) is 11.4 Å². The maximum Gasteiger partial charge on any atom is 0.341 e. The Hall–Kier alpha value is -1.76. The zero-order valence-corrected chi connectivity index (χ0v) is 13.4. The molecule has 0 aliphatic heterocycles. The molecule has 0 saturated carbocycles. The summed E-state index contributed by atoms with van der Waals surface area (Å²) < 4.78 is 48.7. The maximum atomic E-state index is 12.7. The number of hydrogen-bond acceptors (Lipinski definition) is 3. The standard InChI is InChI=1S/C16H19F2NO3S/c17-16(18)23(21,22)14-8-4-3-7-13(14)11-15(20)19-10-9-12-5-1-2-6-12/h3-5,7-8,16H,1-2,6,9-11H2,(H,19,20). The Labute approximate surface area is 134 Å². The molecule has 7 heteroatoms. The Morgan fingerprint density at radius 2 is 2.00 bits per heavy atom. The highest BCUT2D eigenvalue weighted by atomic mass is 32.2. The predicted molar refractivity (Wildman–Crippen MR) is 82.9 cm³/mol. The number of carbonyl (C=O) groups is 1. The lowest BCUT2D eigenvalue weighted by atomic mass is 10.1. The average Bonchev–Trinajstić information content (AvgIpc) is 3.00. The summed E-state index contributed by atoms with van der Waals surface area (Å²) in [7, 11) is -4.71. The molecule has 4 nitrogen and oxygen atoms in total. The predicted octanol–water partition coefficient (Wildman–Crippen LogP) is 2.84. The van der Waals surface area contributed by atoms with Crippen LogP contribution in [0.1, 0.15) is 31.2 Å². The third kappa shape index (κ3) is 4.60. The zero-order chi connectivity index (χ0) is 16.9. The van der Waals surface area contributed by atoms with Gasteiger partial charge in [0, 0.05) is 6.54 Å². The minimum absolute atomic E-state index is 0.0883. The number of benzene rings is 1. The fourth-order valence-corrected chi connectivity index (χ4v) is 3.55. The average molecular weight is 343 g/mol. The van der Waals surface area contributed by atoms with Crippen molar-refractivity contribution in [3.8, 4) is 0 Å². The van der Waals surface area contributed by atoms with E-state index in [4.69, 9.17) is 0 Å². The van der Waals surface area contributed by atoms with Gasteiger partial charge in [0.1, 0.15) is 0 Å². The third-order valence-corrected chi connectivity index (χ3v) is 5.25. The number of halogens is 2. The number of sulfone groups is 1. The molecule has 1 aliphatic rings. The Kier molecular flexibility index (Phi) is 5.87. The number of hydrogen-bond donors (Lipinski definition) is 1. The first kappa shape index (κ1) is 17.6. The molecule has 0 bridgehead atoms. The van der Waals surface area contributed by atoms with Gasteiger partial charge in [-0.2, -0.15) is 8.78 Å². The van der Waals surface area contributed by atoms with Crippen LogP contribution in [0.5, 0.6) is 0 Å². The molecule has 0 unspecified atom stereocenters. The molecule has 126 valence electrons. The maximum absolute atomic E-state index is 12.7. The molecule has 1 aromatic carbocycles. The highest BCUT2D eigenvalue weighted by Gasteiger charge is 2.29. The van der Waals surface area contributed by atoms with Crippen LogP contribution in [-0.2, 0) is 21.1 Å². The molecule has 0 radical (unpaired) electrons. The van der Waals surface area contributed by atoms with Crippen LogP contribution in [0.3, 0.4) is 0 Å². The van der Waals surface area contributed by atoms with Crippen LogP contribution >= 0.6 is 0 Å². The Morgan fingerprint density at radius 1 is 1.26 bits per heavy atom. The molecule has 1 N–H and O–H groups in total. The van der Waals surface area contributed by atoms with Crippen LogP contribution in [-0.4, -0.2) is 26.6 Å². The summed E-state index contributed by atoms with van der Waals surface area (Å²) in [5.41, 5.74) is 1.40. The van der Waals surface area contributed by atoms with E-state index in [1.807, 2.05) is 0 Å². The Morgan fingerprint density at radius 3 is 2.65 bits per heavy atom. The van der Waals surface area contributed by atoms with Gasteiger partial charge in [-0.15, -0.1) is 0 Å². The summed E-state index contributed by atoms with van der Waals surface area (Å²) in [4.78, 5) is 11.4. The Bertz CT molecular complexity index is 699. The van der Waals surface area contributed by atoms with Crippen molar-refractivity contribution in [3.05, 3.63) is 41.5 Å². The van der Waals surface area contributed by atoms with Gasteiger partial charge in [0.2, 0.25) is 15.7 Å². The highest BCUT2D eigenvalue weighted by Crippen LogP contribution is 2.23. The van der Waals surface area contributed by atoms with E-state index in [1.165, 1.54) is 23.8 Å². The molecular formula is C16H19F2NO3S. The first-order valence-corrected chi connectivity index (χ1v) is 9.00. The molecule has 0 saturated heterocycles. The summed E-state index contributed by atoms with van der Waals surface area (Å²) in [6.45, 7) is 0.467. The molecule has 0 aromatic heterocycles. The van der Waals surface area contributed by atoms with E-state index in [0.29, 0.717) is 6.54 Å². The fourth-order valence-electron chi connectivity index (χ4n) is 2.59. The van der Waals surface area contributed by atoms with E-state index < -0.39 is 20.5 Å². The van der Waals surface area contributed by atoms with Gasteiger partial charge in [0.25, 0.3) is 0 Å². The largest absolute Gasteiger partial charge is 0.355 e. The molecule has 1 aromatic rings. The lowest BCUT2D eigenvalue weighted by Gasteiger charge is -2.10. The van der Waals surface area contributed by atoms with Gasteiger partial charge in [0.05, 0.1) is 11.3 Å². The van der Waals surface area contributed by atoms with Crippen LogP contribution in [0.25, 0.3) is 0 Å². The summed E-state index contributed by atoms with van der Waals surface area (Å²) in [5, 5.41) is 2.70. The third-order valence-electron chi connectivity index (χ3n) is 3.77. The van der Waals surface area contributed by atoms with Gasteiger partial charge < -0.3 is 5.32 Å². The van der Waals surface area contributed by atoms with E-state index in [0.717, 1.165) is 31.7 Å². The van der Waals surface area contributed by atoms with Gasteiger partial charge in [0.15, 0.2) is 0 Å². The second-order valence-corrected chi connectivity index (χ2v) is 7.33. The van der Waals surface area contributed by atoms with Gasteiger partial charge in [-0.3, -0.25) is 4.79 Å². The second kappa shape index (κ2) is 7.68. The van der Waals surface area contributed by atoms with Crippen LogP contribution in [0.15, 0.2) is 40.8 Å². The monoisotopic (exact) mass is 343 g/mol. The first-order valence-electron chi connectivity index (χ1n) is 7.46. The number of nitrogens with one attached hydrogen (secondary N) is 1. The number of amides is 1. The van der Waals surface area contributed by atoms with Crippen LogP contribution < -0.4 is 5.32 Å². The lowest BCUT2D eigenvalue weighted by Crippen LogP contribution is -2.27. The molecule has 2 rings (SSSR count). The van der Waals surface area contributed by atoms with Crippen molar-refractivity contribution in [1.29, 1.82) is 0 Å². The molecule has 0 heterocycles. The number of alkyl halides is 2. The van der Waals surface area contributed by atoms with E-state index in [-0.39, 0.29) is 17.9 Å². The number of allylic oxidation sites excluding steroid dienone is 1. The van der Waals surface area contributed by atoms with Crippen molar-refractivity contribution in [2.24, 2.45) is 0 Å². The smallest absolute Gasteiger partial charge is 0.341 e. The van der Waals surface area contributed by atoms with Crippen molar-refractivity contribution in [1.82, 2.24) is 5.32 Å². The second-order valence-electron chi connectivity index (χ2n) is 5.44. The molecular weight excluding hydrogens is 324 g/mol. The van der Waals surface area contributed by atoms with E-state index >= 15 is 0 Å². The van der Waals surface area contributed by atoms with Gasteiger partial charge in [-0.05, 0) is 37.3 Å². The zero-order valence-electron chi connectivity index (χ0n) is 12.6. The van der Waals surface area contributed by atoms with Crippen molar-refractivity contribution in [2.45, 2.75) is 42.8 Å². The summed E-state index contributed by atoms with van der Waals surface area (Å²) in [5.74, 6) is -3.87. The Balaban J connectivity index is 1.98. The van der Waals surface area contributed by atoms with Crippen molar-refractivity contribution in [3.63, 3.8) is 0 Å². The van der Waals surface area contributed by atoms with Crippen molar-refractivity contribution >= 4 is 15.7 Å². The van der Waals surface area contributed by atoms with Gasteiger partial charge in [-0.1, -0.05) is 29.8 Å². The van der Waals surface area contributed by atoms with Crippen molar-refractivity contribution in [2.75, 3.05) is 6.54 Å². The SMILES string of the molecule is O=C(Cc1ccccc1S(=O)(=O)C(F)F)NCCC1=CCCC1. The minimum Gasteiger partial charge on any atom is -0.355 e. The molecule has 1 amide bonds. The topological polar surface area (TPSA) is 63.2 Å². The fraction of sp³-hybridized carbons (Fsp3) is 0.438. The number of rotatable bonds is 7. The van der Waals surface area contributed by atoms with Crippen LogP contribution in [0.4, 0.5) is 8.78 Å². The van der Waals surface area contributed by atoms with Crippen LogP contribution in [0.2, 0.25) is 0 Å². The highest BCUT2D eigenvalue weighted by molar-refractivity contribution is 7.91. The van der Waals surface area contributed by atoms with E-state index in [9.17, 15) is 22.0 Å². The van der Waals surface area contributed by atoms with E-state index in [1.54, 1.807) is 0 Å². The van der Waals surface area contributed by atoms with Gasteiger partial charge >= 0.3 is 5.76 Å². The normalized spacial score (nSPS) is 14.8. The quantitative estimate of drug-likeness (QED) is 0.775. The van der Waals surface area contributed by atoms with Crippen LogP contribution in [0, 0.1) is 0 Å². The lowest BCUT2D eigenvalue weighted by molar-refractivity contribution is -0.120. The summed E-state index contributed by atoms with van der Waals surface area (Å²) in [6.07, 6.45) is 5.95.